The van der Waals surface area contributed by atoms with E-state index in [-0.39, 0.29) is 43.8 Å². The van der Waals surface area contributed by atoms with Crippen molar-refractivity contribution in [3.05, 3.63) is 0 Å². The molecule has 0 aromatic rings. The molecule has 0 aliphatic rings. The number of nitrogens with one attached hydrogen (secondary N) is 2. The van der Waals surface area contributed by atoms with E-state index < -0.39 is 7.82 Å². The molecule has 0 bridgehead atoms. The van der Waals surface area contributed by atoms with E-state index in [1.54, 1.807) is 0 Å². The Kier molecular flexibility index (Phi) is 19.1. The van der Waals surface area contributed by atoms with Crippen molar-refractivity contribution in [1.82, 2.24) is 10.7 Å². The van der Waals surface area contributed by atoms with Crippen molar-refractivity contribution in [3.63, 3.8) is 0 Å². The lowest BCUT2D eigenvalue weighted by Crippen LogP contribution is -2.30. The molecular weight excluding hydrogens is 377 g/mol. The van der Waals surface area contributed by atoms with Crippen LogP contribution in [0.15, 0.2) is 0 Å². The van der Waals surface area contributed by atoms with Gasteiger partial charge in [-0.3, -0.25) is 28.6 Å². The lowest BCUT2D eigenvalue weighted by Gasteiger charge is -2.18. The number of rotatable bonds is 15. The highest BCUT2D eigenvalue weighted by Gasteiger charge is 2.24. The normalized spacial score (nSPS) is 11.9. The molecule has 0 rings (SSSR count). The molecule has 0 radical (unpaired) electrons. The summed E-state index contributed by atoms with van der Waals surface area (Å²) in [5.41, 5.74) is 2.01. The fourth-order valence-corrected chi connectivity index (χ4v) is 2.71. The first kappa shape index (κ1) is 28.2. The molecule has 0 aliphatic heterocycles. The highest BCUT2D eigenvalue weighted by Crippen LogP contribution is 2.47. The van der Waals surface area contributed by atoms with E-state index >= 15 is 0 Å². The van der Waals surface area contributed by atoms with E-state index in [1.165, 1.54) is 14.2 Å². The largest absolute Gasteiger partial charge is 0.474 e. The van der Waals surface area contributed by atoms with Crippen LogP contribution in [0, 0.1) is 5.92 Å². The minimum Gasteiger partial charge on any atom is -0.396 e. The SMILES string of the molecule is CC.COP(=O)(OC)OCC(CO)CCCCNC(=O)CCCC(=O)NN. The van der Waals surface area contributed by atoms with Crippen LogP contribution in [0.4, 0.5) is 0 Å². The molecule has 162 valence electrons. The fourth-order valence-electron chi connectivity index (χ4n) is 1.96. The zero-order valence-electron chi connectivity index (χ0n) is 16.9. The topological polar surface area (TPSA) is 149 Å². The van der Waals surface area contributed by atoms with Crippen LogP contribution >= 0.6 is 7.82 Å². The highest BCUT2D eigenvalue weighted by atomic mass is 31.2. The number of hydrazine groups is 1. The van der Waals surface area contributed by atoms with E-state index in [1.807, 2.05) is 19.3 Å². The molecule has 1 atom stereocenters. The molecule has 2 amide bonds. The summed E-state index contributed by atoms with van der Waals surface area (Å²) in [5, 5.41) is 12.1. The first-order valence-corrected chi connectivity index (χ1v) is 10.6. The van der Waals surface area contributed by atoms with E-state index in [0.717, 1.165) is 12.8 Å². The first-order chi connectivity index (χ1) is 12.9. The number of phosphoric acid groups is 1. The predicted molar refractivity (Wildman–Crippen MR) is 103 cm³/mol. The second kappa shape index (κ2) is 18.3. The van der Waals surface area contributed by atoms with Crippen molar-refractivity contribution in [1.29, 1.82) is 0 Å². The van der Waals surface area contributed by atoms with Gasteiger partial charge in [-0.15, -0.1) is 0 Å². The molecule has 0 heterocycles. The fraction of sp³-hybridized carbons (Fsp3) is 0.875. The quantitative estimate of drug-likeness (QED) is 0.104. The minimum absolute atomic E-state index is 0.0605. The van der Waals surface area contributed by atoms with Crippen LogP contribution in [-0.4, -0.2) is 50.9 Å². The molecule has 0 saturated heterocycles. The summed E-state index contributed by atoms with van der Waals surface area (Å²) in [6.45, 7) is 4.46. The second-order valence-electron chi connectivity index (χ2n) is 5.42. The average molecular weight is 413 g/mol. The molecule has 0 aliphatic carbocycles. The minimum atomic E-state index is -3.53. The Morgan fingerprint density at radius 2 is 1.67 bits per heavy atom. The number of nitrogens with two attached hydrogens (primary N) is 1. The van der Waals surface area contributed by atoms with E-state index in [2.05, 4.69) is 14.4 Å². The molecule has 0 aromatic carbocycles. The lowest BCUT2D eigenvalue weighted by molar-refractivity contribution is -0.122. The Morgan fingerprint density at radius 1 is 1.07 bits per heavy atom. The number of amides is 2. The van der Waals surface area contributed by atoms with Gasteiger partial charge < -0.3 is 10.4 Å². The van der Waals surface area contributed by atoms with Gasteiger partial charge in [-0.2, -0.15) is 0 Å². The molecule has 1 unspecified atom stereocenters. The van der Waals surface area contributed by atoms with Crippen molar-refractivity contribution in [2.24, 2.45) is 11.8 Å². The first-order valence-electron chi connectivity index (χ1n) is 9.13. The number of unbranched alkanes of at least 4 members (excludes halogenated alkanes) is 1. The summed E-state index contributed by atoms with van der Waals surface area (Å²) in [6.07, 6.45) is 3.07. The summed E-state index contributed by atoms with van der Waals surface area (Å²) >= 11 is 0. The Bertz CT molecular complexity index is 430. The van der Waals surface area contributed by atoms with Gasteiger partial charge in [-0.1, -0.05) is 20.3 Å². The Labute approximate surface area is 162 Å². The molecule has 0 fully saturated rings. The van der Waals surface area contributed by atoms with E-state index in [4.69, 9.17) is 10.4 Å². The van der Waals surface area contributed by atoms with Crippen molar-refractivity contribution in [3.8, 4) is 0 Å². The number of hydrogen-bond donors (Lipinski definition) is 4. The van der Waals surface area contributed by atoms with Crippen LogP contribution in [0.5, 0.6) is 0 Å². The number of hydrogen-bond acceptors (Lipinski definition) is 8. The molecule has 27 heavy (non-hydrogen) atoms. The zero-order chi connectivity index (χ0) is 21.1. The van der Waals surface area contributed by atoms with Crippen molar-refractivity contribution >= 4 is 19.6 Å². The molecular formula is C16H36N3O7P. The summed E-state index contributed by atoms with van der Waals surface area (Å²) in [4.78, 5) is 22.5. The third kappa shape index (κ3) is 15.7. The maximum Gasteiger partial charge on any atom is 0.474 e. The van der Waals surface area contributed by atoms with Gasteiger partial charge in [0.1, 0.15) is 0 Å². The van der Waals surface area contributed by atoms with Crippen LogP contribution in [0.2, 0.25) is 0 Å². The molecule has 0 aromatic heterocycles. The van der Waals surface area contributed by atoms with Crippen LogP contribution in [-0.2, 0) is 27.7 Å². The van der Waals surface area contributed by atoms with E-state index in [9.17, 15) is 19.3 Å². The van der Waals surface area contributed by atoms with Crippen molar-refractivity contribution < 1.29 is 32.8 Å². The highest BCUT2D eigenvalue weighted by molar-refractivity contribution is 7.48. The maximum absolute atomic E-state index is 11.7. The smallest absolute Gasteiger partial charge is 0.396 e. The predicted octanol–water partition coefficient (Wildman–Crippen LogP) is 1.49. The molecule has 10 nitrogen and oxygen atoms in total. The summed E-state index contributed by atoms with van der Waals surface area (Å²) < 4.78 is 26.1. The molecule has 11 heteroatoms. The number of aliphatic hydroxyl groups is 1. The van der Waals surface area contributed by atoms with Gasteiger partial charge in [0.15, 0.2) is 0 Å². The van der Waals surface area contributed by atoms with Gasteiger partial charge in [0.2, 0.25) is 11.8 Å². The van der Waals surface area contributed by atoms with Gasteiger partial charge in [0, 0.05) is 46.1 Å². The van der Waals surface area contributed by atoms with Crippen molar-refractivity contribution in [2.45, 2.75) is 52.4 Å². The number of aliphatic hydroxyl groups excluding tert-OH is 1. The second-order valence-corrected chi connectivity index (χ2v) is 7.31. The van der Waals surface area contributed by atoms with Gasteiger partial charge in [-0.05, 0) is 19.3 Å². The maximum atomic E-state index is 11.7. The average Bonchev–Trinajstić information content (AvgIpc) is 2.71. The van der Waals surface area contributed by atoms with Gasteiger partial charge in [-0.25, -0.2) is 10.4 Å². The third-order valence-electron chi connectivity index (χ3n) is 3.50. The number of carbonyl (C=O) groups excluding carboxylic acids is 2. The lowest BCUT2D eigenvalue weighted by atomic mass is 10.0. The summed E-state index contributed by atoms with van der Waals surface area (Å²) in [5.74, 6) is 4.34. The van der Waals surface area contributed by atoms with Crippen molar-refractivity contribution in [2.75, 3.05) is 34.0 Å². The van der Waals surface area contributed by atoms with Gasteiger partial charge in [0.25, 0.3) is 0 Å². The van der Waals surface area contributed by atoms with Crippen LogP contribution in [0.25, 0.3) is 0 Å². The van der Waals surface area contributed by atoms with Crippen LogP contribution in [0.3, 0.4) is 0 Å². The Balaban J connectivity index is 0. The molecule has 5 N–H and O–H groups in total. The van der Waals surface area contributed by atoms with Crippen LogP contribution in [0.1, 0.15) is 52.4 Å². The molecule has 0 spiro atoms. The monoisotopic (exact) mass is 413 g/mol. The van der Waals surface area contributed by atoms with Crippen LogP contribution < -0.4 is 16.6 Å². The molecule has 0 saturated carbocycles. The van der Waals surface area contributed by atoms with Gasteiger partial charge >= 0.3 is 7.82 Å². The number of carbonyl (C=O) groups is 2. The Hall–Kier alpha value is -1.03. The summed E-state index contributed by atoms with van der Waals surface area (Å²) in [7, 11) is -1.08. The van der Waals surface area contributed by atoms with Gasteiger partial charge in [0.05, 0.1) is 6.61 Å². The Morgan fingerprint density at radius 3 is 2.19 bits per heavy atom. The summed E-state index contributed by atoms with van der Waals surface area (Å²) in [6, 6.07) is 0. The number of phosphoric ester groups is 1. The van der Waals surface area contributed by atoms with E-state index in [0.29, 0.717) is 19.4 Å². The standard InChI is InChI=1S/C14H30N3O7P.C2H6/c1-22-25(21,23-2)24-11-12(10-18)6-3-4-9-16-13(19)7-5-8-14(20)17-15;1-2/h12,18H,3-11,15H2,1-2H3,(H,16,19)(H,17,20);1-2H3. The third-order valence-corrected chi connectivity index (χ3v) is 4.86. The zero-order valence-corrected chi connectivity index (χ0v) is 17.8.